The van der Waals surface area contributed by atoms with Crippen LogP contribution in [0.25, 0.3) is 0 Å². The molecule has 0 atom stereocenters. The molecule has 0 radical (unpaired) electrons. The molecule has 3 heteroatoms. The zero-order valence-electron chi connectivity index (χ0n) is 9.99. The van der Waals surface area contributed by atoms with Crippen molar-refractivity contribution in [1.82, 2.24) is 9.88 Å². The molecular formula is C12H20N2O. The van der Waals surface area contributed by atoms with Crippen molar-refractivity contribution < 1.29 is 5.11 Å². The Bertz CT molecular complexity index is 300. The molecule has 1 aromatic heterocycles. The van der Waals surface area contributed by atoms with Crippen molar-refractivity contribution in [2.24, 2.45) is 5.41 Å². The first-order valence-corrected chi connectivity index (χ1v) is 5.19. The van der Waals surface area contributed by atoms with E-state index in [1.807, 2.05) is 6.07 Å². The first-order valence-electron chi connectivity index (χ1n) is 5.19. The van der Waals surface area contributed by atoms with Crippen LogP contribution in [0.5, 0.6) is 5.75 Å². The summed E-state index contributed by atoms with van der Waals surface area (Å²) in [5.74, 6) is 0.220. The third-order valence-corrected chi connectivity index (χ3v) is 1.99. The second kappa shape index (κ2) is 4.62. The molecule has 1 N–H and O–H groups in total. The van der Waals surface area contributed by atoms with Crippen molar-refractivity contribution in [3.05, 3.63) is 24.0 Å². The fourth-order valence-electron chi connectivity index (χ4n) is 1.65. The van der Waals surface area contributed by atoms with Crippen LogP contribution in [-0.2, 0) is 6.54 Å². The predicted octanol–water partition coefficient (Wildman–Crippen LogP) is 2.27. The van der Waals surface area contributed by atoms with Crippen LogP contribution < -0.4 is 0 Å². The van der Waals surface area contributed by atoms with Crippen LogP contribution in [0.15, 0.2) is 18.3 Å². The van der Waals surface area contributed by atoms with Gasteiger partial charge in [0.15, 0.2) is 0 Å². The second-order valence-electron chi connectivity index (χ2n) is 5.24. The molecule has 0 unspecified atom stereocenters. The van der Waals surface area contributed by atoms with Gasteiger partial charge in [-0.25, -0.2) is 0 Å². The van der Waals surface area contributed by atoms with E-state index in [0.29, 0.717) is 5.41 Å². The maximum atomic E-state index is 9.10. The topological polar surface area (TPSA) is 36.4 Å². The fraction of sp³-hybridized carbons (Fsp3) is 0.583. The van der Waals surface area contributed by atoms with Crippen molar-refractivity contribution >= 4 is 0 Å². The van der Waals surface area contributed by atoms with Gasteiger partial charge in [-0.15, -0.1) is 0 Å². The number of rotatable bonds is 3. The highest BCUT2D eigenvalue weighted by molar-refractivity contribution is 5.17. The summed E-state index contributed by atoms with van der Waals surface area (Å²) in [4.78, 5) is 6.39. The van der Waals surface area contributed by atoms with Gasteiger partial charge in [0.2, 0.25) is 0 Å². The highest BCUT2D eigenvalue weighted by atomic mass is 16.3. The molecule has 1 heterocycles. The third kappa shape index (κ3) is 4.79. The minimum Gasteiger partial charge on any atom is -0.506 e. The third-order valence-electron chi connectivity index (χ3n) is 1.99. The summed E-state index contributed by atoms with van der Waals surface area (Å²) < 4.78 is 0. The van der Waals surface area contributed by atoms with Crippen molar-refractivity contribution in [3.8, 4) is 5.75 Å². The largest absolute Gasteiger partial charge is 0.506 e. The van der Waals surface area contributed by atoms with Crippen molar-refractivity contribution in [2.45, 2.75) is 27.3 Å². The second-order valence-corrected chi connectivity index (χ2v) is 5.24. The molecule has 0 amide bonds. The van der Waals surface area contributed by atoms with E-state index in [1.54, 1.807) is 6.07 Å². The summed E-state index contributed by atoms with van der Waals surface area (Å²) in [5, 5.41) is 9.10. The molecule has 84 valence electrons. The fourth-order valence-corrected chi connectivity index (χ4v) is 1.65. The van der Waals surface area contributed by atoms with Crippen LogP contribution in [0.4, 0.5) is 0 Å². The van der Waals surface area contributed by atoms with Crippen LogP contribution in [0, 0.1) is 5.41 Å². The van der Waals surface area contributed by atoms with E-state index in [2.05, 4.69) is 37.7 Å². The number of hydrogen-bond acceptors (Lipinski definition) is 3. The van der Waals surface area contributed by atoms with Gasteiger partial charge in [0.25, 0.3) is 0 Å². The number of pyridine rings is 1. The average Bonchev–Trinajstić information content (AvgIpc) is 2.05. The Morgan fingerprint density at radius 3 is 2.47 bits per heavy atom. The lowest BCUT2D eigenvalue weighted by Gasteiger charge is -2.26. The van der Waals surface area contributed by atoms with Crippen LogP contribution >= 0.6 is 0 Å². The van der Waals surface area contributed by atoms with E-state index in [-0.39, 0.29) is 5.75 Å². The van der Waals surface area contributed by atoms with Gasteiger partial charge in [-0.2, -0.15) is 0 Å². The van der Waals surface area contributed by atoms with Crippen molar-refractivity contribution in [3.63, 3.8) is 0 Å². The maximum absolute atomic E-state index is 9.10. The summed E-state index contributed by atoms with van der Waals surface area (Å²) in [6.07, 6.45) is 1.49. The zero-order valence-corrected chi connectivity index (χ0v) is 9.99. The molecule has 0 aliphatic carbocycles. The summed E-state index contributed by atoms with van der Waals surface area (Å²) in [7, 11) is 2.08. The van der Waals surface area contributed by atoms with Gasteiger partial charge in [0, 0.05) is 13.1 Å². The van der Waals surface area contributed by atoms with Crippen LogP contribution in [0.1, 0.15) is 26.5 Å². The minimum atomic E-state index is 0.220. The molecule has 0 aliphatic heterocycles. The lowest BCUT2D eigenvalue weighted by molar-refractivity contribution is 0.219. The Hall–Kier alpha value is -1.09. The Morgan fingerprint density at radius 2 is 2.00 bits per heavy atom. The van der Waals surface area contributed by atoms with Gasteiger partial charge in [-0.05, 0) is 24.6 Å². The van der Waals surface area contributed by atoms with E-state index in [1.165, 1.54) is 6.20 Å². The van der Waals surface area contributed by atoms with Gasteiger partial charge >= 0.3 is 0 Å². The van der Waals surface area contributed by atoms with E-state index in [9.17, 15) is 0 Å². The standard InChI is InChI=1S/C12H20N2O/c1-12(2,3)9-14(4)8-10-5-6-11(15)7-13-10/h5-7,15H,8-9H2,1-4H3. The SMILES string of the molecule is CN(Cc1ccc(O)cn1)CC(C)(C)C. The molecule has 0 aromatic carbocycles. The Balaban J connectivity index is 2.51. The molecule has 0 aliphatic rings. The van der Waals surface area contributed by atoms with Gasteiger partial charge < -0.3 is 10.0 Å². The number of nitrogens with zero attached hydrogens (tertiary/aromatic N) is 2. The summed E-state index contributed by atoms with van der Waals surface area (Å²) in [6, 6.07) is 3.53. The smallest absolute Gasteiger partial charge is 0.133 e. The first-order chi connectivity index (χ1) is 6.87. The minimum absolute atomic E-state index is 0.220. The van der Waals surface area contributed by atoms with Gasteiger partial charge in [0.1, 0.15) is 5.75 Å². The summed E-state index contributed by atoms with van der Waals surface area (Å²) >= 11 is 0. The molecule has 15 heavy (non-hydrogen) atoms. The summed E-state index contributed by atoms with van der Waals surface area (Å²) in [5.41, 5.74) is 1.28. The molecule has 0 spiro atoms. The molecule has 0 bridgehead atoms. The first kappa shape index (κ1) is 12.0. The lowest BCUT2D eigenvalue weighted by atomic mass is 9.96. The van der Waals surface area contributed by atoms with Crippen LogP contribution in [0.3, 0.4) is 0 Å². The average molecular weight is 208 g/mol. The van der Waals surface area contributed by atoms with Crippen molar-refractivity contribution in [2.75, 3.05) is 13.6 Å². The monoisotopic (exact) mass is 208 g/mol. The highest BCUT2D eigenvalue weighted by Gasteiger charge is 2.13. The van der Waals surface area contributed by atoms with E-state index in [4.69, 9.17) is 5.11 Å². The number of hydrogen-bond donors (Lipinski definition) is 1. The van der Waals surface area contributed by atoms with E-state index >= 15 is 0 Å². The lowest BCUT2D eigenvalue weighted by Crippen LogP contribution is -2.29. The predicted molar refractivity (Wildman–Crippen MR) is 61.7 cm³/mol. The quantitative estimate of drug-likeness (QED) is 0.827. The Kier molecular flexibility index (Phi) is 3.69. The number of aromatic nitrogens is 1. The van der Waals surface area contributed by atoms with Crippen LogP contribution in [-0.4, -0.2) is 28.6 Å². The molecule has 1 aromatic rings. The van der Waals surface area contributed by atoms with E-state index in [0.717, 1.165) is 18.8 Å². The van der Waals surface area contributed by atoms with E-state index < -0.39 is 0 Å². The number of aromatic hydroxyl groups is 1. The molecular weight excluding hydrogens is 188 g/mol. The van der Waals surface area contributed by atoms with Crippen LogP contribution in [0.2, 0.25) is 0 Å². The summed E-state index contributed by atoms with van der Waals surface area (Å²) in [6.45, 7) is 8.49. The van der Waals surface area contributed by atoms with Gasteiger partial charge in [-0.1, -0.05) is 20.8 Å². The van der Waals surface area contributed by atoms with Gasteiger partial charge in [0.05, 0.1) is 11.9 Å². The molecule has 1 rings (SSSR count). The van der Waals surface area contributed by atoms with Gasteiger partial charge in [-0.3, -0.25) is 4.98 Å². The highest BCUT2D eigenvalue weighted by Crippen LogP contribution is 2.15. The Labute approximate surface area is 91.8 Å². The molecule has 3 nitrogen and oxygen atoms in total. The maximum Gasteiger partial charge on any atom is 0.133 e. The molecule has 0 fully saturated rings. The zero-order chi connectivity index (χ0) is 11.5. The Morgan fingerprint density at radius 1 is 1.33 bits per heavy atom. The molecule has 0 saturated heterocycles. The van der Waals surface area contributed by atoms with Crippen molar-refractivity contribution in [1.29, 1.82) is 0 Å². The molecule has 0 saturated carbocycles. The normalized spacial score (nSPS) is 12.1.